The Bertz CT molecular complexity index is 446. The van der Waals surface area contributed by atoms with Crippen LogP contribution in [0.25, 0.3) is 0 Å². The molecule has 2 N–H and O–H groups in total. The number of hydrogen-bond donors (Lipinski definition) is 2. The van der Waals surface area contributed by atoms with Crippen LogP contribution in [-0.2, 0) is 9.46 Å². The molecule has 114 valence electrons. The standard InChI is InChI=1S/C15H28O3Si2/c1-14(2,18-20(6,7)17)15(3,19(4,5)16)13-11-9-8-10-12-13/h8-12,16-17H,1-7H3. The summed E-state index contributed by atoms with van der Waals surface area (Å²) >= 11 is 0. The van der Waals surface area contributed by atoms with E-state index in [-0.39, 0.29) is 0 Å². The van der Waals surface area contributed by atoms with Crippen LogP contribution in [0.4, 0.5) is 0 Å². The summed E-state index contributed by atoms with van der Waals surface area (Å²) in [5, 5.41) is -0.520. The third kappa shape index (κ3) is 3.40. The minimum Gasteiger partial charge on any atom is -0.431 e. The van der Waals surface area contributed by atoms with E-state index in [2.05, 4.69) is 6.92 Å². The van der Waals surface area contributed by atoms with Crippen LogP contribution in [0.5, 0.6) is 0 Å². The van der Waals surface area contributed by atoms with Gasteiger partial charge in [0.25, 0.3) is 0 Å². The van der Waals surface area contributed by atoms with Gasteiger partial charge in [-0.05, 0) is 45.6 Å². The average Bonchev–Trinajstić information content (AvgIpc) is 2.24. The highest BCUT2D eigenvalue weighted by Crippen LogP contribution is 2.44. The van der Waals surface area contributed by atoms with Gasteiger partial charge in [0.15, 0.2) is 8.32 Å². The van der Waals surface area contributed by atoms with Gasteiger partial charge in [0.1, 0.15) is 0 Å². The van der Waals surface area contributed by atoms with Crippen molar-refractivity contribution < 1.29 is 14.0 Å². The number of hydrogen-bond acceptors (Lipinski definition) is 3. The zero-order chi connectivity index (χ0) is 15.8. The van der Waals surface area contributed by atoms with Gasteiger partial charge in [0, 0.05) is 5.04 Å². The van der Waals surface area contributed by atoms with E-state index in [9.17, 15) is 9.59 Å². The molecule has 0 spiro atoms. The second-order valence-corrected chi connectivity index (χ2v) is 14.3. The first-order valence-electron chi connectivity index (χ1n) is 7.02. The van der Waals surface area contributed by atoms with Gasteiger partial charge in [-0.1, -0.05) is 37.3 Å². The molecule has 0 aliphatic heterocycles. The zero-order valence-electron chi connectivity index (χ0n) is 13.7. The lowest BCUT2D eigenvalue weighted by Gasteiger charge is -2.52. The van der Waals surface area contributed by atoms with Crippen molar-refractivity contribution in [3.05, 3.63) is 35.9 Å². The molecule has 5 heteroatoms. The fourth-order valence-corrected chi connectivity index (χ4v) is 6.89. The molecular formula is C15H28O3Si2. The molecule has 0 saturated carbocycles. The lowest BCUT2D eigenvalue weighted by atomic mass is 9.85. The van der Waals surface area contributed by atoms with Crippen molar-refractivity contribution in [1.82, 2.24) is 0 Å². The maximum atomic E-state index is 10.9. The summed E-state index contributed by atoms with van der Waals surface area (Å²) in [6.45, 7) is 13.4. The minimum atomic E-state index is -2.70. The molecule has 1 unspecified atom stereocenters. The van der Waals surface area contributed by atoms with Gasteiger partial charge >= 0.3 is 8.56 Å². The van der Waals surface area contributed by atoms with Crippen LogP contribution in [0.1, 0.15) is 26.3 Å². The monoisotopic (exact) mass is 312 g/mol. The third-order valence-corrected chi connectivity index (χ3v) is 8.63. The molecule has 0 saturated heterocycles. The molecule has 1 atom stereocenters. The fraction of sp³-hybridized carbons (Fsp3) is 0.600. The molecule has 0 bridgehead atoms. The lowest BCUT2D eigenvalue weighted by Crippen LogP contribution is -2.65. The van der Waals surface area contributed by atoms with Crippen molar-refractivity contribution in [1.29, 1.82) is 0 Å². The first-order valence-corrected chi connectivity index (χ1v) is 12.8. The Morgan fingerprint density at radius 2 is 1.35 bits per heavy atom. The Kier molecular flexibility index (Phi) is 4.73. The average molecular weight is 313 g/mol. The molecule has 0 amide bonds. The summed E-state index contributed by atoms with van der Waals surface area (Å²) in [5.41, 5.74) is 0.408. The largest absolute Gasteiger partial charge is 0.431 e. The first kappa shape index (κ1) is 17.6. The van der Waals surface area contributed by atoms with Crippen LogP contribution < -0.4 is 0 Å². The van der Waals surface area contributed by atoms with Gasteiger partial charge in [0.05, 0.1) is 5.60 Å². The molecule has 0 radical (unpaired) electrons. The molecule has 20 heavy (non-hydrogen) atoms. The smallest absolute Gasteiger partial charge is 0.329 e. The molecule has 0 heterocycles. The van der Waals surface area contributed by atoms with Gasteiger partial charge in [-0.15, -0.1) is 0 Å². The van der Waals surface area contributed by atoms with E-state index >= 15 is 0 Å². The third-order valence-electron chi connectivity index (χ3n) is 4.28. The summed E-state index contributed by atoms with van der Waals surface area (Å²) in [6, 6.07) is 9.98. The molecule has 1 aromatic carbocycles. The molecular weight excluding hydrogens is 284 g/mol. The van der Waals surface area contributed by atoms with Crippen LogP contribution in [-0.4, -0.2) is 32.1 Å². The van der Waals surface area contributed by atoms with Gasteiger partial charge < -0.3 is 14.0 Å². The van der Waals surface area contributed by atoms with E-state index in [1.807, 2.05) is 57.3 Å². The summed E-state index contributed by atoms with van der Waals surface area (Å²) in [5.74, 6) is 0. The molecule has 1 rings (SSSR count). The maximum absolute atomic E-state index is 10.9. The molecule has 0 fully saturated rings. The number of rotatable bonds is 5. The van der Waals surface area contributed by atoms with E-state index in [0.29, 0.717) is 0 Å². The zero-order valence-corrected chi connectivity index (χ0v) is 15.7. The Morgan fingerprint density at radius 1 is 0.900 bits per heavy atom. The lowest BCUT2D eigenvalue weighted by molar-refractivity contribution is 0.0246. The second kappa shape index (κ2) is 5.38. The highest BCUT2D eigenvalue weighted by atomic mass is 28.4. The van der Waals surface area contributed by atoms with Gasteiger partial charge in [-0.2, -0.15) is 0 Å². The molecule has 0 aromatic heterocycles. The predicted octanol–water partition coefficient (Wildman–Crippen LogP) is 3.17. The Labute approximate surface area is 125 Å². The fourth-order valence-electron chi connectivity index (χ4n) is 2.94. The Balaban J connectivity index is 3.41. The van der Waals surface area contributed by atoms with Gasteiger partial charge in [-0.25, -0.2) is 0 Å². The van der Waals surface area contributed by atoms with Gasteiger partial charge in [-0.3, -0.25) is 0 Å². The molecule has 0 aliphatic rings. The minimum absolute atomic E-state index is 0.520. The normalized spacial score (nSPS) is 16.9. The highest BCUT2D eigenvalue weighted by molar-refractivity contribution is 6.73. The van der Waals surface area contributed by atoms with E-state index < -0.39 is 27.5 Å². The van der Waals surface area contributed by atoms with Crippen molar-refractivity contribution in [2.45, 2.75) is 57.6 Å². The van der Waals surface area contributed by atoms with E-state index in [1.54, 1.807) is 13.1 Å². The predicted molar refractivity (Wildman–Crippen MR) is 88.4 cm³/mol. The van der Waals surface area contributed by atoms with Crippen molar-refractivity contribution in [2.24, 2.45) is 0 Å². The van der Waals surface area contributed by atoms with Crippen molar-refractivity contribution >= 4 is 16.9 Å². The summed E-state index contributed by atoms with van der Waals surface area (Å²) < 4.78 is 6.04. The van der Waals surface area contributed by atoms with Crippen LogP contribution in [0.2, 0.25) is 26.2 Å². The molecule has 1 aromatic rings. The summed E-state index contributed by atoms with van der Waals surface area (Å²) in [4.78, 5) is 21.1. The molecule has 3 nitrogen and oxygen atoms in total. The van der Waals surface area contributed by atoms with Crippen molar-refractivity contribution in [2.75, 3.05) is 0 Å². The Morgan fingerprint density at radius 3 is 1.70 bits per heavy atom. The topological polar surface area (TPSA) is 49.7 Å². The SMILES string of the molecule is CC(C)(O[Si](C)(C)O)C(C)(c1ccccc1)[Si](C)(C)O. The summed E-state index contributed by atoms with van der Waals surface area (Å²) in [7, 11) is -5.30. The molecule has 0 aliphatic carbocycles. The first-order chi connectivity index (χ1) is 8.81. The van der Waals surface area contributed by atoms with E-state index in [0.717, 1.165) is 5.56 Å². The van der Waals surface area contributed by atoms with Gasteiger partial charge in [0.2, 0.25) is 0 Å². The summed E-state index contributed by atoms with van der Waals surface area (Å²) in [6.07, 6.45) is 0. The van der Waals surface area contributed by atoms with Crippen molar-refractivity contribution in [3.8, 4) is 0 Å². The van der Waals surface area contributed by atoms with E-state index in [4.69, 9.17) is 4.43 Å². The van der Waals surface area contributed by atoms with Crippen LogP contribution in [0.15, 0.2) is 30.3 Å². The van der Waals surface area contributed by atoms with E-state index in [1.165, 1.54) is 0 Å². The highest BCUT2D eigenvalue weighted by Gasteiger charge is 2.56. The van der Waals surface area contributed by atoms with Crippen LogP contribution >= 0.6 is 0 Å². The quantitative estimate of drug-likeness (QED) is 0.821. The van der Waals surface area contributed by atoms with Crippen LogP contribution in [0, 0.1) is 0 Å². The second-order valence-electron chi connectivity index (χ2n) is 7.11. The number of benzene rings is 1. The Hall–Kier alpha value is -0.466. The van der Waals surface area contributed by atoms with Crippen molar-refractivity contribution in [3.63, 3.8) is 0 Å². The van der Waals surface area contributed by atoms with Crippen LogP contribution in [0.3, 0.4) is 0 Å². The maximum Gasteiger partial charge on any atom is 0.329 e.